The van der Waals surface area contributed by atoms with E-state index in [-0.39, 0.29) is 0 Å². The normalized spacial score (nSPS) is 20.0. The lowest BCUT2D eigenvalue weighted by Crippen LogP contribution is -2.16. The molecule has 0 radical (unpaired) electrons. The zero-order valence-electron chi connectivity index (χ0n) is 13.2. The molecule has 1 unspecified atom stereocenters. The van der Waals surface area contributed by atoms with Crippen molar-refractivity contribution in [3.8, 4) is 5.75 Å². The average molecular weight is 326 g/mol. The van der Waals surface area contributed by atoms with Crippen LogP contribution in [0.15, 0.2) is 66.2 Å². The maximum Gasteiger partial charge on any atom is 0.268 e. The van der Waals surface area contributed by atoms with E-state index in [1.807, 2.05) is 74.5 Å². The second-order valence-corrected chi connectivity index (χ2v) is 7.70. The fourth-order valence-electron chi connectivity index (χ4n) is 2.50. The smallest absolute Gasteiger partial charge is 0.268 e. The van der Waals surface area contributed by atoms with Gasteiger partial charge in [0.1, 0.15) is 12.0 Å². The van der Waals surface area contributed by atoms with E-state index in [2.05, 4.69) is 0 Å². The molecule has 0 bridgehead atoms. The van der Waals surface area contributed by atoms with Crippen LogP contribution in [0.5, 0.6) is 5.75 Å². The molecule has 0 fully saturated rings. The molecule has 1 aliphatic rings. The highest BCUT2D eigenvalue weighted by atomic mass is 31.2. The monoisotopic (exact) mass is 326 g/mol. The summed E-state index contributed by atoms with van der Waals surface area (Å²) in [7, 11) is -3.13. The second kappa shape index (κ2) is 6.57. The predicted molar refractivity (Wildman–Crippen MR) is 94.2 cm³/mol. The third-order valence-electron chi connectivity index (χ3n) is 3.64. The van der Waals surface area contributed by atoms with E-state index in [0.717, 1.165) is 11.1 Å². The van der Waals surface area contributed by atoms with E-state index in [9.17, 15) is 4.57 Å². The van der Waals surface area contributed by atoms with Gasteiger partial charge < -0.3 is 9.26 Å². The first-order chi connectivity index (χ1) is 11.1. The van der Waals surface area contributed by atoms with Crippen LogP contribution in [-0.2, 0) is 9.09 Å². The number of aryl methyl sites for hydroxylation is 1. The zero-order chi connectivity index (χ0) is 16.3. The van der Waals surface area contributed by atoms with Crippen LogP contribution in [0.25, 0.3) is 6.08 Å². The molecule has 118 valence electrons. The standard InChI is InChI=1S/C19H19O3P/c1-3-22-23(20)17(11-10-16-7-5-4-6-8-16)14-21-18-12-9-15(2)13-19(18)23/h4-14H,3H2,1-2H3/b11-10+. The fourth-order valence-corrected chi connectivity index (χ4v) is 4.68. The topological polar surface area (TPSA) is 35.5 Å². The number of fused-ring (bicyclic) bond motifs is 1. The number of rotatable bonds is 4. The second-order valence-electron chi connectivity index (χ2n) is 5.35. The molecule has 2 aromatic carbocycles. The maximum absolute atomic E-state index is 13.5. The molecule has 3 nitrogen and oxygen atoms in total. The molecule has 1 aliphatic heterocycles. The third kappa shape index (κ3) is 3.17. The summed E-state index contributed by atoms with van der Waals surface area (Å²) in [5.74, 6) is 0.601. The van der Waals surface area contributed by atoms with Crippen molar-refractivity contribution in [2.24, 2.45) is 0 Å². The highest BCUT2D eigenvalue weighted by Gasteiger charge is 2.36. The van der Waals surface area contributed by atoms with Gasteiger partial charge in [-0.15, -0.1) is 0 Å². The molecule has 1 heterocycles. The van der Waals surface area contributed by atoms with Gasteiger partial charge in [-0.2, -0.15) is 0 Å². The number of hydrogen-bond donors (Lipinski definition) is 0. The van der Waals surface area contributed by atoms with Crippen molar-refractivity contribution in [2.75, 3.05) is 6.61 Å². The highest BCUT2D eigenvalue weighted by molar-refractivity contribution is 7.71. The molecule has 23 heavy (non-hydrogen) atoms. The molecule has 0 aromatic heterocycles. The molecule has 0 saturated carbocycles. The van der Waals surface area contributed by atoms with Gasteiger partial charge in [0.25, 0.3) is 7.37 Å². The van der Waals surface area contributed by atoms with E-state index >= 15 is 0 Å². The summed E-state index contributed by atoms with van der Waals surface area (Å²) < 4.78 is 24.9. The Labute approximate surface area is 136 Å². The van der Waals surface area contributed by atoms with Crippen LogP contribution >= 0.6 is 7.37 Å². The van der Waals surface area contributed by atoms with Gasteiger partial charge in [-0.25, -0.2) is 0 Å². The van der Waals surface area contributed by atoms with Gasteiger partial charge in [0.15, 0.2) is 0 Å². The molecular weight excluding hydrogens is 307 g/mol. The van der Waals surface area contributed by atoms with Crippen molar-refractivity contribution in [3.05, 3.63) is 77.3 Å². The summed E-state index contributed by atoms with van der Waals surface area (Å²) >= 11 is 0. The van der Waals surface area contributed by atoms with Crippen LogP contribution in [-0.4, -0.2) is 6.61 Å². The number of allylic oxidation sites excluding steroid dienone is 2. The minimum Gasteiger partial charge on any atom is -0.463 e. The first kappa shape index (κ1) is 15.8. The quantitative estimate of drug-likeness (QED) is 0.751. The molecule has 0 saturated heterocycles. The lowest BCUT2D eigenvalue weighted by Gasteiger charge is -2.25. The number of ether oxygens (including phenoxy) is 1. The molecule has 0 aliphatic carbocycles. The number of hydrogen-bond acceptors (Lipinski definition) is 3. The first-order valence-corrected chi connectivity index (χ1v) is 9.22. The Morgan fingerprint density at radius 1 is 1.13 bits per heavy atom. The molecule has 0 amide bonds. The summed E-state index contributed by atoms with van der Waals surface area (Å²) in [6.45, 7) is 4.19. The Hall–Kier alpha value is -2.09. The molecular formula is C19H19O3P. The van der Waals surface area contributed by atoms with Crippen molar-refractivity contribution in [1.29, 1.82) is 0 Å². The Kier molecular flexibility index (Phi) is 4.51. The molecule has 0 N–H and O–H groups in total. The molecule has 3 rings (SSSR count). The summed E-state index contributed by atoms with van der Waals surface area (Å²) in [5, 5.41) is 1.20. The van der Waals surface area contributed by atoms with Crippen LogP contribution in [0.1, 0.15) is 18.1 Å². The van der Waals surface area contributed by atoms with E-state index in [0.29, 0.717) is 23.0 Å². The van der Waals surface area contributed by atoms with Gasteiger partial charge >= 0.3 is 0 Å². The van der Waals surface area contributed by atoms with Crippen molar-refractivity contribution in [2.45, 2.75) is 13.8 Å². The Morgan fingerprint density at radius 2 is 1.91 bits per heavy atom. The van der Waals surface area contributed by atoms with E-state index in [1.54, 1.807) is 0 Å². The third-order valence-corrected chi connectivity index (χ3v) is 6.18. The number of benzene rings is 2. The average Bonchev–Trinajstić information content (AvgIpc) is 2.56. The van der Waals surface area contributed by atoms with Gasteiger partial charge in [0.05, 0.1) is 17.2 Å². The summed E-state index contributed by atoms with van der Waals surface area (Å²) in [4.78, 5) is 0. The largest absolute Gasteiger partial charge is 0.463 e. The van der Waals surface area contributed by atoms with Gasteiger partial charge in [0, 0.05) is 0 Å². The summed E-state index contributed by atoms with van der Waals surface area (Å²) in [5.41, 5.74) is 2.06. The SMILES string of the molecule is CCOP1(=O)C(/C=C/c2ccccc2)=COc2ccc(C)cc21. The summed E-state index contributed by atoms with van der Waals surface area (Å²) in [6.07, 6.45) is 5.27. The van der Waals surface area contributed by atoms with Gasteiger partial charge in [-0.05, 0) is 37.6 Å². The predicted octanol–water partition coefficient (Wildman–Crippen LogP) is 4.88. The van der Waals surface area contributed by atoms with Gasteiger partial charge in [0.2, 0.25) is 0 Å². The minimum absolute atomic E-state index is 0.376. The zero-order valence-corrected chi connectivity index (χ0v) is 14.1. The van der Waals surface area contributed by atoms with Crippen LogP contribution < -0.4 is 10.0 Å². The Bertz CT molecular complexity index is 807. The van der Waals surface area contributed by atoms with Gasteiger partial charge in [-0.3, -0.25) is 4.57 Å². The van der Waals surface area contributed by atoms with Crippen LogP contribution in [0.2, 0.25) is 0 Å². The molecule has 4 heteroatoms. The lowest BCUT2D eigenvalue weighted by molar-refractivity contribution is 0.342. The Morgan fingerprint density at radius 3 is 2.65 bits per heavy atom. The van der Waals surface area contributed by atoms with Crippen LogP contribution in [0, 0.1) is 6.92 Å². The minimum atomic E-state index is -3.13. The molecule has 0 spiro atoms. The molecule has 2 aromatic rings. The van der Waals surface area contributed by atoms with Gasteiger partial charge in [-0.1, -0.05) is 48.0 Å². The summed E-state index contributed by atoms with van der Waals surface area (Å²) in [6, 6.07) is 15.5. The molecule has 1 atom stereocenters. The van der Waals surface area contributed by atoms with E-state index in [4.69, 9.17) is 9.26 Å². The Balaban J connectivity index is 2.02. The van der Waals surface area contributed by atoms with E-state index < -0.39 is 7.37 Å². The van der Waals surface area contributed by atoms with Crippen molar-refractivity contribution in [1.82, 2.24) is 0 Å². The van der Waals surface area contributed by atoms with Crippen molar-refractivity contribution in [3.63, 3.8) is 0 Å². The van der Waals surface area contributed by atoms with Crippen molar-refractivity contribution >= 4 is 18.7 Å². The van der Waals surface area contributed by atoms with Crippen LogP contribution in [0.3, 0.4) is 0 Å². The first-order valence-electron chi connectivity index (χ1n) is 7.60. The highest BCUT2D eigenvalue weighted by Crippen LogP contribution is 2.58. The maximum atomic E-state index is 13.5. The fraction of sp³-hybridized carbons (Fsp3) is 0.158. The lowest BCUT2D eigenvalue weighted by atomic mass is 10.2. The van der Waals surface area contributed by atoms with E-state index in [1.165, 1.54) is 6.26 Å². The van der Waals surface area contributed by atoms with Crippen molar-refractivity contribution < 1.29 is 13.8 Å². The van der Waals surface area contributed by atoms with Crippen LogP contribution in [0.4, 0.5) is 0 Å².